The van der Waals surface area contributed by atoms with Crippen molar-refractivity contribution in [2.75, 3.05) is 0 Å². The average molecular weight is 577 g/mol. The summed E-state index contributed by atoms with van der Waals surface area (Å²) >= 11 is 8.45. The molecule has 5 aromatic carbocycles. The Balaban J connectivity index is 1.29. The minimum Gasteiger partial charge on any atom is -0.245 e. The average Bonchev–Trinajstić information content (AvgIpc) is 3.45. The first-order valence-corrected chi connectivity index (χ1v) is 14.8. The van der Waals surface area contributed by atoms with Crippen LogP contribution in [0.5, 0.6) is 0 Å². The SMILES string of the molecule is Clc1cccc2c1nc(-c1ccc(-c3nc(-c4ccccc4)nc(-c4ccccc4)n3)cc1)c1sc3ccccc3c12. The van der Waals surface area contributed by atoms with Crippen molar-refractivity contribution in [3.05, 3.63) is 132 Å². The fourth-order valence-corrected chi connectivity index (χ4v) is 6.83. The van der Waals surface area contributed by atoms with Gasteiger partial charge in [0, 0.05) is 43.1 Å². The Morgan fingerprint density at radius 3 is 1.62 bits per heavy atom. The first-order valence-electron chi connectivity index (χ1n) is 13.6. The van der Waals surface area contributed by atoms with Gasteiger partial charge in [-0.15, -0.1) is 11.3 Å². The molecule has 0 aliphatic heterocycles. The van der Waals surface area contributed by atoms with Crippen LogP contribution in [-0.2, 0) is 0 Å². The third-order valence-corrected chi connectivity index (χ3v) is 8.89. The molecule has 8 rings (SSSR count). The van der Waals surface area contributed by atoms with E-state index in [9.17, 15) is 0 Å². The zero-order valence-electron chi connectivity index (χ0n) is 22.2. The molecule has 0 spiro atoms. The number of thiophene rings is 1. The predicted octanol–water partition coefficient (Wildman–Crippen LogP) is 10.1. The van der Waals surface area contributed by atoms with Crippen LogP contribution in [0.4, 0.5) is 0 Å². The number of para-hydroxylation sites is 1. The summed E-state index contributed by atoms with van der Waals surface area (Å²) in [6.07, 6.45) is 0. The second-order valence-electron chi connectivity index (χ2n) is 10.0. The number of hydrogen-bond donors (Lipinski definition) is 0. The van der Waals surface area contributed by atoms with Crippen LogP contribution in [0.25, 0.3) is 76.5 Å². The molecule has 0 atom stereocenters. The van der Waals surface area contributed by atoms with Crippen LogP contribution in [0.1, 0.15) is 0 Å². The molecule has 0 unspecified atom stereocenters. The molecule has 0 amide bonds. The minimum absolute atomic E-state index is 0.621. The first kappa shape index (κ1) is 24.8. The summed E-state index contributed by atoms with van der Waals surface area (Å²) in [6, 6.07) is 42.9. The molecular weight excluding hydrogens is 556 g/mol. The number of aromatic nitrogens is 4. The van der Waals surface area contributed by atoms with Gasteiger partial charge in [-0.1, -0.05) is 127 Å². The van der Waals surface area contributed by atoms with E-state index in [1.54, 1.807) is 11.3 Å². The van der Waals surface area contributed by atoms with Gasteiger partial charge in [0.2, 0.25) is 0 Å². The Morgan fingerprint density at radius 2 is 0.976 bits per heavy atom. The van der Waals surface area contributed by atoms with Crippen molar-refractivity contribution >= 4 is 54.0 Å². The highest BCUT2D eigenvalue weighted by molar-refractivity contribution is 7.26. The van der Waals surface area contributed by atoms with Gasteiger partial charge in [-0.2, -0.15) is 0 Å². The van der Waals surface area contributed by atoms with Crippen molar-refractivity contribution in [2.24, 2.45) is 0 Å². The number of nitrogens with zero attached hydrogens (tertiary/aromatic N) is 4. The van der Waals surface area contributed by atoms with Crippen LogP contribution >= 0.6 is 22.9 Å². The van der Waals surface area contributed by atoms with E-state index in [0.29, 0.717) is 22.5 Å². The van der Waals surface area contributed by atoms with E-state index >= 15 is 0 Å². The van der Waals surface area contributed by atoms with Gasteiger partial charge in [0.1, 0.15) is 0 Å². The van der Waals surface area contributed by atoms with E-state index in [1.165, 1.54) is 15.5 Å². The summed E-state index contributed by atoms with van der Waals surface area (Å²) in [5, 5.41) is 4.13. The Labute approximate surface area is 251 Å². The molecule has 0 saturated heterocycles. The summed E-state index contributed by atoms with van der Waals surface area (Å²) in [5.41, 5.74) is 5.54. The smallest absolute Gasteiger partial charge is 0.164 e. The highest BCUT2D eigenvalue weighted by Gasteiger charge is 2.18. The molecule has 0 bridgehead atoms. The Bertz CT molecular complexity index is 2190. The molecule has 0 radical (unpaired) electrons. The lowest BCUT2D eigenvalue weighted by Gasteiger charge is -2.10. The van der Waals surface area contributed by atoms with E-state index in [1.807, 2.05) is 72.8 Å². The van der Waals surface area contributed by atoms with Crippen LogP contribution in [0.2, 0.25) is 5.02 Å². The molecule has 0 saturated carbocycles. The maximum Gasteiger partial charge on any atom is 0.164 e. The second-order valence-corrected chi connectivity index (χ2v) is 11.5. The van der Waals surface area contributed by atoms with Gasteiger partial charge >= 0.3 is 0 Å². The highest BCUT2D eigenvalue weighted by atomic mass is 35.5. The van der Waals surface area contributed by atoms with Crippen LogP contribution in [0.15, 0.2) is 127 Å². The summed E-state index contributed by atoms with van der Waals surface area (Å²) < 4.78 is 2.38. The van der Waals surface area contributed by atoms with Gasteiger partial charge in [0.05, 0.1) is 20.9 Å². The zero-order chi connectivity index (χ0) is 28.0. The number of benzene rings is 5. The maximum absolute atomic E-state index is 6.69. The number of hydrogen-bond acceptors (Lipinski definition) is 5. The molecule has 0 aliphatic rings. The standard InChI is InChI=1S/C36H21ClN4S/c37-28-16-9-15-27-30-26-14-7-8-17-29(26)42-33(30)31(38-32(27)28)22-18-20-25(21-19-22)36-40-34(23-10-3-1-4-11-23)39-35(41-36)24-12-5-2-6-13-24/h1-21H. The minimum atomic E-state index is 0.621. The lowest BCUT2D eigenvalue weighted by atomic mass is 10.0. The van der Waals surface area contributed by atoms with Crippen molar-refractivity contribution in [1.29, 1.82) is 0 Å². The Morgan fingerprint density at radius 1 is 0.452 bits per heavy atom. The zero-order valence-corrected chi connectivity index (χ0v) is 23.8. The van der Waals surface area contributed by atoms with E-state index in [-0.39, 0.29) is 0 Å². The Hall–Kier alpha value is -4.97. The molecule has 6 heteroatoms. The van der Waals surface area contributed by atoms with Crippen molar-refractivity contribution in [1.82, 2.24) is 19.9 Å². The van der Waals surface area contributed by atoms with Gasteiger partial charge in [-0.3, -0.25) is 0 Å². The largest absolute Gasteiger partial charge is 0.245 e. The summed E-state index contributed by atoms with van der Waals surface area (Å²) in [5.74, 6) is 1.90. The van der Waals surface area contributed by atoms with Gasteiger partial charge in [0.25, 0.3) is 0 Å². The van der Waals surface area contributed by atoms with Crippen LogP contribution in [0, 0.1) is 0 Å². The van der Waals surface area contributed by atoms with Gasteiger partial charge in [0.15, 0.2) is 17.5 Å². The topological polar surface area (TPSA) is 51.6 Å². The van der Waals surface area contributed by atoms with E-state index in [0.717, 1.165) is 43.6 Å². The molecule has 8 aromatic rings. The fourth-order valence-electron chi connectivity index (χ4n) is 5.38. The van der Waals surface area contributed by atoms with Crippen molar-refractivity contribution in [2.45, 2.75) is 0 Å². The van der Waals surface area contributed by atoms with Crippen molar-refractivity contribution in [3.8, 4) is 45.4 Å². The summed E-state index contributed by atoms with van der Waals surface area (Å²) in [6.45, 7) is 0. The molecule has 0 N–H and O–H groups in total. The molecule has 0 fully saturated rings. The van der Waals surface area contributed by atoms with Gasteiger partial charge < -0.3 is 0 Å². The molecule has 0 aliphatic carbocycles. The fraction of sp³-hybridized carbons (Fsp3) is 0. The van der Waals surface area contributed by atoms with Crippen LogP contribution in [-0.4, -0.2) is 19.9 Å². The lowest BCUT2D eigenvalue weighted by molar-refractivity contribution is 1.07. The number of pyridine rings is 1. The molecular formula is C36H21ClN4S. The monoisotopic (exact) mass is 576 g/mol. The molecule has 3 heterocycles. The lowest BCUT2D eigenvalue weighted by Crippen LogP contribution is -2.00. The van der Waals surface area contributed by atoms with Crippen LogP contribution in [0.3, 0.4) is 0 Å². The molecule has 4 nitrogen and oxygen atoms in total. The van der Waals surface area contributed by atoms with E-state index in [4.69, 9.17) is 31.5 Å². The maximum atomic E-state index is 6.69. The number of halogens is 1. The third-order valence-electron chi connectivity index (χ3n) is 7.41. The number of fused-ring (bicyclic) bond motifs is 5. The summed E-state index contributed by atoms with van der Waals surface area (Å²) in [7, 11) is 0. The van der Waals surface area contributed by atoms with Gasteiger partial charge in [-0.05, 0) is 12.1 Å². The van der Waals surface area contributed by atoms with Crippen molar-refractivity contribution < 1.29 is 0 Å². The normalized spacial score (nSPS) is 11.5. The van der Waals surface area contributed by atoms with Crippen molar-refractivity contribution in [3.63, 3.8) is 0 Å². The quantitative estimate of drug-likeness (QED) is 0.209. The summed E-state index contributed by atoms with van der Waals surface area (Å²) in [4.78, 5) is 19.7. The Kier molecular flexibility index (Phi) is 5.99. The van der Waals surface area contributed by atoms with E-state index in [2.05, 4.69) is 54.6 Å². The van der Waals surface area contributed by atoms with E-state index < -0.39 is 0 Å². The third kappa shape index (κ3) is 4.22. The molecule has 198 valence electrons. The first-order chi connectivity index (χ1) is 20.7. The molecule has 3 aromatic heterocycles. The van der Waals surface area contributed by atoms with Gasteiger partial charge in [-0.25, -0.2) is 19.9 Å². The predicted molar refractivity (Wildman–Crippen MR) is 175 cm³/mol. The second kappa shape index (κ2) is 10.1. The highest BCUT2D eigenvalue weighted by Crippen LogP contribution is 2.43. The van der Waals surface area contributed by atoms with Crippen LogP contribution < -0.4 is 0 Å². The molecule has 42 heavy (non-hydrogen) atoms. The number of rotatable bonds is 4.